The second-order valence-corrected chi connectivity index (χ2v) is 8.62. The van der Waals surface area contributed by atoms with E-state index < -0.39 is 0 Å². The zero-order chi connectivity index (χ0) is 19.2. The first-order valence-electron chi connectivity index (χ1n) is 9.81. The van der Waals surface area contributed by atoms with Gasteiger partial charge in [0.1, 0.15) is 5.00 Å². The molecule has 144 valence electrons. The largest absolute Gasteiger partial charge is 0.348 e. The minimum absolute atomic E-state index is 0.0592. The number of anilines is 1. The molecule has 2 amide bonds. The SMILES string of the molecule is CC(C)c1cc(C(=O)NCc2ccccc2)c(NC(=O)C2CCCCC2)s1. The number of rotatable bonds is 6. The highest BCUT2D eigenvalue weighted by Gasteiger charge is 2.24. The fourth-order valence-electron chi connectivity index (χ4n) is 3.41. The summed E-state index contributed by atoms with van der Waals surface area (Å²) in [7, 11) is 0. The first kappa shape index (κ1) is 19.6. The Morgan fingerprint density at radius 3 is 2.48 bits per heavy atom. The van der Waals surface area contributed by atoms with E-state index >= 15 is 0 Å². The van der Waals surface area contributed by atoms with Crippen LogP contribution < -0.4 is 10.6 Å². The molecule has 1 fully saturated rings. The van der Waals surface area contributed by atoms with Gasteiger partial charge in [-0.05, 0) is 30.4 Å². The lowest BCUT2D eigenvalue weighted by atomic mass is 9.89. The van der Waals surface area contributed by atoms with Gasteiger partial charge < -0.3 is 10.6 Å². The van der Waals surface area contributed by atoms with Gasteiger partial charge in [-0.2, -0.15) is 0 Å². The maximum absolute atomic E-state index is 12.8. The fraction of sp³-hybridized carbons (Fsp3) is 0.455. The van der Waals surface area contributed by atoms with Gasteiger partial charge in [0.15, 0.2) is 0 Å². The average molecular weight is 385 g/mol. The highest BCUT2D eigenvalue weighted by atomic mass is 32.1. The van der Waals surface area contributed by atoms with Crippen LogP contribution in [0.1, 0.15) is 72.7 Å². The number of benzene rings is 1. The van der Waals surface area contributed by atoms with E-state index in [4.69, 9.17) is 0 Å². The molecule has 2 N–H and O–H groups in total. The quantitative estimate of drug-likeness (QED) is 0.708. The molecule has 1 aromatic heterocycles. The summed E-state index contributed by atoms with van der Waals surface area (Å²) >= 11 is 1.52. The van der Waals surface area contributed by atoms with Crippen molar-refractivity contribution in [2.24, 2.45) is 5.92 Å². The van der Waals surface area contributed by atoms with Crippen LogP contribution in [0, 0.1) is 5.92 Å². The standard InChI is InChI=1S/C22H28N2O2S/c1-15(2)19-13-18(21(26)23-14-16-9-5-3-6-10-16)22(27-19)24-20(25)17-11-7-4-8-12-17/h3,5-6,9-10,13,15,17H,4,7-8,11-12,14H2,1-2H3,(H,23,26)(H,24,25). The molecule has 1 aromatic carbocycles. The lowest BCUT2D eigenvalue weighted by Crippen LogP contribution is -2.27. The van der Waals surface area contributed by atoms with Gasteiger partial charge in [0.25, 0.3) is 5.91 Å². The number of thiophene rings is 1. The molecule has 1 aliphatic carbocycles. The van der Waals surface area contributed by atoms with Crippen molar-refractivity contribution < 1.29 is 9.59 Å². The first-order chi connectivity index (χ1) is 13.0. The molecule has 0 saturated heterocycles. The number of hydrogen-bond donors (Lipinski definition) is 2. The van der Waals surface area contributed by atoms with E-state index in [0.717, 1.165) is 36.1 Å². The van der Waals surface area contributed by atoms with Crippen LogP contribution in [0.4, 0.5) is 5.00 Å². The summed E-state index contributed by atoms with van der Waals surface area (Å²) < 4.78 is 0. The molecule has 4 nitrogen and oxygen atoms in total. The van der Waals surface area contributed by atoms with E-state index in [2.05, 4.69) is 24.5 Å². The summed E-state index contributed by atoms with van der Waals surface area (Å²) in [4.78, 5) is 26.6. The summed E-state index contributed by atoms with van der Waals surface area (Å²) in [6, 6.07) is 11.8. The van der Waals surface area contributed by atoms with E-state index in [-0.39, 0.29) is 17.7 Å². The van der Waals surface area contributed by atoms with Crippen molar-refractivity contribution in [2.75, 3.05) is 5.32 Å². The van der Waals surface area contributed by atoms with Crippen LogP contribution in [0.15, 0.2) is 36.4 Å². The molecule has 0 atom stereocenters. The third kappa shape index (κ3) is 5.19. The predicted molar refractivity (Wildman–Crippen MR) is 111 cm³/mol. The molecule has 27 heavy (non-hydrogen) atoms. The van der Waals surface area contributed by atoms with E-state index in [9.17, 15) is 9.59 Å². The lowest BCUT2D eigenvalue weighted by Gasteiger charge is -2.20. The Balaban J connectivity index is 1.72. The molecule has 1 aliphatic rings. The highest BCUT2D eigenvalue weighted by molar-refractivity contribution is 7.16. The molecule has 1 heterocycles. The summed E-state index contributed by atoms with van der Waals surface area (Å²) in [5.41, 5.74) is 1.63. The smallest absolute Gasteiger partial charge is 0.254 e. The maximum atomic E-state index is 12.8. The van der Waals surface area contributed by atoms with Crippen LogP contribution in [-0.2, 0) is 11.3 Å². The Hall–Kier alpha value is -2.14. The van der Waals surface area contributed by atoms with Crippen LogP contribution in [-0.4, -0.2) is 11.8 Å². The molecule has 0 radical (unpaired) electrons. The average Bonchev–Trinajstić information content (AvgIpc) is 3.12. The van der Waals surface area contributed by atoms with Crippen molar-refractivity contribution in [1.82, 2.24) is 5.32 Å². The van der Waals surface area contributed by atoms with Gasteiger partial charge in [0.2, 0.25) is 5.91 Å². The monoisotopic (exact) mass is 384 g/mol. The van der Waals surface area contributed by atoms with Crippen LogP contribution in [0.25, 0.3) is 0 Å². The first-order valence-corrected chi connectivity index (χ1v) is 10.6. The molecule has 0 aliphatic heterocycles. The van der Waals surface area contributed by atoms with Crippen molar-refractivity contribution >= 4 is 28.2 Å². The van der Waals surface area contributed by atoms with Crippen molar-refractivity contribution in [3.63, 3.8) is 0 Å². The van der Waals surface area contributed by atoms with Crippen LogP contribution in [0.5, 0.6) is 0 Å². The van der Waals surface area contributed by atoms with Gasteiger partial charge in [0, 0.05) is 17.3 Å². The van der Waals surface area contributed by atoms with E-state index in [1.54, 1.807) is 0 Å². The van der Waals surface area contributed by atoms with E-state index in [0.29, 0.717) is 23.0 Å². The summed E-state index contributed by atoms with van der Waals surface area (Å²) in [5.74, 6) is 0.310. The number of carbonyl (C=O) groups excluding carboxylic acids is 2. The molecule has 0 unspecified atom stereocenters. The number of hydrogen-bond acceptors (Lipinski definition) is 3. The molecular weight excluding hydrogens is 356 g/mol. The Morgan fingerprint density at radius 1 is 1.11 bits per heavy atom. The van der Waals surface area contributed by atoms with E-state index in [1.165, 1.54) is 17.8 Å². The van der Waals surface area contributed by atoms with Gasteiger partial charge in [-0.3, -0.25) is 9.59 Å². The normalized spacial score (nSPS) is 14.9. The zero-order valence-electron chi connectivity index (χ0n) is 16.1. The summed E-state index contributed by atoms with van der Waals surface area (Å²) in [5, 5.41) is 6.71. The van der Waals surface area contributed by atoms with Gasteiger partial charge in [-0.25, -0.2) is 0 Å². The molecule has 2 aromatic rings. The molecule has 0 bridgehead atoms. The van der Waals surface area contributed by atoms with Gasteiger partial charge >= 0.3 is 0 Å². The van der Waals surface area contributed by atoms with Gasteiger partial charge in [-0.1, -0.05) is 63.4 Å². The Kier molecular flexibility index (Phi) is 6.67. The predicted octanol–water partition coefficient (Wildman–Crippen LogP) is 5.32. The van der Waals surface area contributed by atoms with Crippen LogP contribution >= 0.6 is 11.3 Å². The third-order valence-electron chi connectivity index (χ3n) is 5.07. The summed E-state index contributed by atoms with van der Waals surface area (Å²) in [6.45, 7) is 4.68. The third-order valence-corrected chi connectivity index (χ3v) is 6.42. The second-order valence-electron chi connectivity index (χ2n) is 7.54. The number of carbonyl (C=O) groups is 2. The summed E-state index contributed by atoms with van der Waals surface area (Å²) in [6.07, 6.45) is 5.34. The maximum Gasteiger partial charge on any atom is 0.254 e. The van der Waals surface area contributed by atoms with E-state index in [1.807, 2.05) is 36.4 Å². The van der Waals surface area contributed by atoms with Crippen molar-refractivity contribution in [3.8, 4) is 0 Å². The molecule has 0 spiro atoms. The topological polar surface area (TPSA) is 58.2 Å². The highest BCUT2D eigenvalue weighted by Crippen LogP contribution is 2.34. The van der Waals surface area contributed by atoms with Crippen molar-refractivity contribution in [3.05, 3.63) is 52.4 Å². The Bertz CT molecular complexity index is 777. The van der Waals surface area contributed by atoms with Crippen LogP contribution in [0.3, 0.4) is 0 Å². The second kappa shape index (κ2) is 9.18. The number of nitrogens with one attached hydrogen (secondary N) is 2. The van der Waals surface area contributed by atoms with Gasteiger partial charge in [0.05, 0.1) is 5.56 Å². The number of amides is 2. The molecular formula is C22H28N2O2S. The lowest BCUT2D eigenvalue weighted by molar-refractivity contribution is -0.120. The molecule has 3 rings (SSSR count). The Labute approximate surface area is 165 Å². The minimum Gasteiger partial charge on any atom is -0.348 e. The zero-order valence-corrected chi connectivity index (χ0v) is 16.9. The Morgan fingerprint density at radius 2 is 1.81 bits per heavy atom. The van der Waals surface area contributed by atoms with Crippen LogP contribution in [0.2, 0.25) is 0 Å². The minimum atomic E-state index is -0.138. The van der Waals surface area contributed by atoms with Crippen molar-refractivity contribution in [2.45, 2.75) is 58.4 Å². The molecule has 5 heteroatoms. The molecule has 1 saturated carbocycles. The van der Waals surface area contributed by atoms with Gasteiger partial charge in [-0.15, -0.1) is 11.3 Å². The van der Waals surface area contributed by atoms with Crippen molar-refractivity contribution in [1.29, 1.82) is 0 Å². The fourth-order valence-corrected chi connectivity index (χ4v) is 4.47.